The first-order valence-corrected chi connectivity index (χ1v) is 5.30. The van der Waals surface area contributed by atoms with E-state index in [4.69, 9.17) is 9.47 Å². The van der Waals surface area contributed by atoms with Crippen molar-refractivity contribution in [3.05, 3.63) is 23.5 Å². The van der Waals surface area contributed by atoms with Crippen molar-refractivity contribution in [1.29, 1.82) is 0 Å². The first-order valence-electron chi connectivity index (χ1n) is 5.30. The lowest BCUT2D eigenvalue weighted by atomic mass is 10.3. The van der Waals surface area contributed by atoms with Crippen LogP contribution < -0.4 is 4.74 Å². The first-order chi connectivity index (χ1) is 7.24. The second-order valence-electron chi connectivity index (χ2n) is 2.88. The van der Waals surface area contributed by atoms with Crippen LogP contribution in [0.3, 0.4) is 0 Å². The summed E-state index contributed by atoms with van der Waals surface area (Å²) in [5, 5.41) is 0. The molecule has 86 valence electrons. The van der Waals surface area contributed by atoms with E-state index in [1.165, 1.54) is 0 Å². The molecule has 1 aromatic rings. The van der Waals surface area contributed by atoms with Crippen molar-refractivity contribution in [3.63, 3.8) is 0 Å². The van der Waals surface area contributed by atoms with Crippen LogP contribution in [-0.4, -0.2) is 25.3 Å². The van der Waals surface area contributed by atoms with E-state index in [0.717, 1.165) is 17.1 Å². The van der Waals surface area contributed by atoms with Gasteiger partial charge < -0.3 is 9.47 Å². The molecule has 0 spiro atoms. The lowest BCUT2D eigenvalue weighted by Gasteiger charge is -2.07. The van der Waals surface area contributed by atoms with E-state index in [0.29, 0.717) is 13.2 Å². The molecule has 0 bridgehead atoms. The first kappa shape index (κ1) is 13.9. The zero-order chi connectivity index (χ0) is 11.7. The van der Waals surface area contributed by atoms with E-state index in [2.05, 4.69) is 4.98 Å². The maximum Gasteiger partial charge on any atom is 0.140 e. The normalized spacial score (nSPS) is 9.13. The molecule has 1 aromatic heterocycles. The fraction of sp³-hybridized carbons (Fsp3) is 0.583. The van der Waals surface area contributed by atoms with Crippen molar-refractivity contribution in [3.8, 4) is 5.75 Å². The van der Waals surface area contributed by atoms with Crippen molar-refractivity contribution >= 4 is 0 Å². The Morgan fingerprint density at radius 2 is 1.80 bits per heavy atom. The Hall–Kier alpha value is -1.09. The Morgan fingerprint density at radius 3 is 2.33 bits per heavy atom. The van der Waals surface area contributed by atoms with Gasteiger partial charge in [0.1, 0.15) is 12.4 Å². The number of hydrogen-bond donors (Lipinski definition) is 0. The summed E-state index contributed by atoms with van der Waals surface area (Å²) in [5.74, 6) is 0.836. The molecule has 0 fully saturated rings. The van der Waals surface area contributed by atoms with Crippen LogP contribution in [0.5, 0.6) is 5.75 Å². The average molecular weight is 211 g/mol. The topological polar surface area (TPSA) is 31.4 Å². The van der Waals surface area contributed by atoms with Gasteiger partial charge in [-0.1, -0.05) is 13.8 Å². The predicted molar refractivity (Wildman–Crippen MR) is 62.4 cm³/mol. The number of pyridine rings is 1. The van der Waals surface area contributed by atoms with Gasteiger partial charge in [-0.25, -0.2) is 0 Å². The van der Waals surface area contributed by atoms with E-state index in [-0.39, 0.29) is 0 Å². The van der Waals surface area contributed by atoms with Gasteiger partial charge in [-0.05, 0) is 26.0 Å². The minimum Gasteiger partial charge on any atom is -0.489 e. The largest absolute Gasteiger partial charge is 0.489 e. The molecular formula is C12H21NO2. The summed E-state index contributed by atoms with van der Waals surface area (Å²) in [6.07, 6.45) is 0. The van der Waals surface area contributed by atoms with E-state index in [9.17, 15) is 0 Å². The summed E-state index contributed by atoms with van der Waals surface area (Å²) in [6.45, 7) is 9.08. The standard InChI is InChI=1S/C10H15NO2.C2H6/c1-8-4-5-10(9(2)11-8)13-7-6-12-3;1-2/h4-5H,6-7H2,1-3H3;1-2H3. The van der Waals surface area contributed by atoms with Gasteiger partial charge in [0, 0.05) is 12.8 Å². The second kappa shape index (κ2) is 8.24. The Kier molecular flexibility index (Phi) is 7.64. The molecule has 1 rings (SSSR count). The second-order valence-corrected chi connectivity index (χ2v) is 2.88. The van der Waals surface area contributed by atoms with E-state index < -0.39 is 0 Å². The molecule has 0 aromatic carbocycles. The third kappa shape index (κ3) is 5.37. The molecular weight excluding hydrogens is 190 g/mol. The van der Waals surface area contributed by atoms with Gasteiger partial charge in [0.05, 0.1) is 12.3 Å². The van der Waals surface area contributed by atoms with Gasteiger partial charge in [0.25, 0.3) is 0 Å². The Balaban J connectivity index is 0.000000921. The van der Waals surface area contributed by atoms with Crippen molar-refractivity contribution in [2.24, 2.45) is 0 Å². The molecule has 0 atom stereocenters. The molecule has 0 saturated carbocycles. The van der Waals surface area contributed by atoms with Gasteiger partial charge >= 0.3 is 0 Å². The van der Waals surface area contributed by atoms with Crippen molar-refractivity contribution in [2.45, 2.75) is 27.7 Å². The number of aromatic nitrogens is 1. The SMILES string of the molecule is CC.COCCOc1ccc(C)nc1C. The average Bonchev–Trinajstić information content (AvgIpc) is 2.24. The summed E-state index contributed by atoms with van der Waals surface area (Å²) in [5.41, 5.74) is 1.94. The molecule has 0 amide bonds. The van der Waals surface area contributed by atoms with Gasteiger partial charge in [-0.3, -0.25) is 4.98 Å². The molecule has 15 heavy (non-hydrogen) atoms. The minimum atomic E-state index is 0.572. The number of hydrogen-bond acceptors (Lipinski definition) is 3. The van der Waals surface area contributed by atoms with Crippen molar-refractivity contribution in [2.75, 3.05) is 20.3 Å². The Labute approximate surface area is 92.4 Å². The zero-order valence-electron chi connectivity index (χ0n) is 10.3. The van der Waals surface area contributed by atoms with E-state index in [1.54, 1.807) is 7.11 Å². The quantitative estimate of drug-likeness (QED) is 0.718. The van der Waals surface area contributed by atoms with Crippen LogP contribution in [0, 0.1) is 13.8 Å². The fourth-order valence-electron chi connectivity index (χ4n) is 1.06. The smallest absolute Gasteiger partial charge is 0.140 e. The highest BCUT2D eigenvalue weighted by molar-refractivity contribution is 5.27. The molecule has 0 unspecified atom stereocenters. The maximum atomic E-state index is 5.44. The van der Waals surface area contributed by atoms with Crippen LogP contribution in [0.4, 0.5) is 0 Å². The van der Waals surface area contributed by atoms with Gasteiger partial charge in [-0.2, -0.15) is 0 Å². The molecule has 1 heterocycles. The minimum absolute atomic E-state index is 0.572. The summed E-state index contributed by atoms with van der Waals surface area (Å²) in [7, 11) is 1.66. The van der Waals surface area contributed by atoms with E-state index >= 15 is 0 Å². The third-order valence-electron chi connectivity index (χ3n) is 1.72. The van der Waals surface area contributed by atoms with Crippen LogP contribution in [0.15, 0.2) is 12.1 Å². The molecule has 0 saturated heterocycles. The van der Waals surface area contributed by atoms with E-state index in [1.807, 2.05) is 39.8 Å². The fourth-order valence-corrected chi connectivity index (χ4v) is 1.06. The summed E-state index contributed by atoms with van der Waals surface area (Å²) in [6, 6.07) is 3.88. The number of methoxy groups -OCH3 is 1. The lowest BCUT2D eigenvalue weighted by molar-refractivity contribution is 0.145. The number of nitrogens with zero attached hydrogens (tertiary/aromatic N) is 1. The van der Waals surface area contributed by atoms with Gasteiger partial charge in [0.15, 0.2) is 0 Å². The van der Waals surface area contributed by atoms with Crippen molar-refractivity contribution in [1.82, 2.24) is 4.98 Å². The Bertz CT molecular complexity index is 274. The highest BCUT2D eigenvalue weighted by Crippen LogP contribution is 2.14. The molecule has 0 aliphatic carbocycles. The monoisotopic (exact) mass is 211 g/mol. The lowest BCUT2D eigenvalue weighted by Crippen LogP contribution is -2.05. The summed E-state index contributed by atoms with van der Waals surface area (Å²) < 4.78 is 10.3. The molecule has 3 heteroatoms. The number of ether oxygens (including phenoxy) is 2. The van der Waals surface area contributed by atoms with Crippen LogP contribution in [0.25, 0.3) is 0 Å². The molecule has 0 N–H and O–H groups in total. The van der Waals surface area contributed by atoms with Crippen molar-refractivity contribution < 1.29 is 9.47 Å². The summed E-state index contributed by atoms with van der Waals surface area (Å²) >= 11 is 0. The third-order valence-corrected chi connectivity index (χ3v) is 1.72. The Morgan fingerprint density at radius 1 is 1.13 bits per heavy atom. The molecule has 0 aliphatic heterocycles. The highest BCUT2D eigenvalue weighted by Gasteiger charge is 1.99. The maximum absolute atomic E-state index is 5.44. The van der Waals surface area contributed by atoms with Crippen LogP contribution in [-0.2, 0) is 4.74 Å². The van der Waals surface area contributed by atoms with Gasteiger partial charge in [-0.15, -0.1) is 0 Å². The number of aryl methyl sites for hydroxylation is 2. The highest BCUT2D eigenvalue weighted by atomic mass is 16.5. The predicted octanol–water partition coefficient (Wildman–Crippen LogP) is 2.75. The van der Waals surface area contributed by atoms with Crippen LogP contribution >= 0.6 is 0 Å². The molecule has 3 nitrogen and oxygen atoms in total. The number of rotatable bonds is 4. The summed E-state index contributed by atoms with van der Waals surface area (Å²) in [4.78, 5) is 4.29. The van der Waals surface area contributed by atoms with Crippen LogP contribution in [0.1, 0.15) is 25.2 Å². The van der Waals surface area contributed by atoms with Gasteiger partial charge in [0.2, 0.25) is 0 Å². The zero-order valence-corrected chi connectivity index (χ0v) is 10.3. The molecule has 0 aliphatic rings. The molecule has 0 radical (unpaired) electrons. The van der Waals surface area contributed by atoms with Crippen LogP contribution in [0.2, 0.25) is 0 Å².